The summed E-state index contributed by atoms with van der Waals surface area (Å²) in [5, 5.41) is 11.0. The van der Waals surface area contributed by atoms with Gasteiger partial charge in [-0.25, -0.2) is 4.79 Å². The number of rotatable bonds is 5. The molecule has 1 aliphatic heterocycles. The average molecular weight is 380 g/mol. The number of nitro groups is 1. The van der Waals surface area contributed by atoms with Crippen molar-refractivity contribution in [2.24, 2.45) is 0 Å². The number of nitrogens with zero attached hydrogens (tertiary/aromatic N) is 2. The fraction of sp³-hybridized carbons (Fsp3) is 0.238. The van der Waals surface area contributed by atoms with Crippen LogP contribution >= 0.6 is 0 Å². The molecule has 0 saturated carbocycles. The van der Waals surface area contributed by atoms with Crippen molar-refractivity contribution in [3.8, 4) is 0 Å². The molecule has 28 heavy (non-hydrogen) atoms. The maximum Gasteiger partial charge on any atom is 0.331 e. The van der Waals surface area contributed by atoms with Crippen molar-refractivity contribution in [1.82, 2.24) is 0 Å². The van der Waals surface area contributed by atoms with Crippen LogP contribution in [0.25, 0.3) is 6.08 Å². The number of nitro benzene ring substituents is 1. The first-order chi connectivity index (χ1) is 13.4. The molecular formula is C21H20N2O5. The summed E-state index contributed by atoms with van der Waals surface area (Å²) in [6, 6.07) is 13.7. The molecule has 0 aromatic heterocycles. The molecule has 0 unspecified atom stereocenters. The molecule has 144 valence electrons. The van der Waals surface area contributed by atoms with Crippen LogP contribution in [0.2, 0.25) is 0 Å². The van der Waals surface area contributed by atoms with Gasteiger partial charge < -0.3 is 9.64 Å². The predicted molar refractivity (Wildman–Crippen MR) is 105 cm³/mol. The number of esters is 1. The molecule has 7 nitrogen and oxygen atoms in total. The molecule has 2 aromatic rings. The van der Waals surface area contributed by atoms with E-state index < -0.39 is 17.0 Å². The summed E-state index contributed by atoms with van der Waals surface area (Å²) in [5.41, 5.74) is 2.08. The highest BCUT2D eigenvalue weighted by Crippen LogP contribution is 2.32. The van der Waals surface area contributed by atoms with Crippen LogP contribution in [0, 0.1) is 10.1 Å². The minimum atomic E-state index is -0.975. The van der Waals surface area contributed by atoms with E-state index in [1.165, 1.54) is 25.1 Å². The van der Waals surface area contributed by atoms with Crippen LogP contribution in [0.3, 0.4) is 0 Å². The maximum absolute atomic E-state index is 12.8. The lowest BCUT2D eigenvalue weighted by atomic mass is 10.1. The standard InChI is InChI=1S/C21H20N2O5/c1-14-13-17-8-4-5-9-18(17)22(14)21(25)15(2)28-20(24)12-11-16-7-3-6-10-19(16)23(26)27/h3-12,14-15H,13H2,1-2H3/b12-11+/t14-,15-/m1/s1. The molecule has 1 aliphatic rings. The van der Waals surface area contributed by atoms with E-state index in [9.17, 15) is 19.7 Å². The van der Waals surface area contributed by atoms with Crippen molar-refractivity contribution in [3.05, 3.63) is 75.8 Å². The number of anilines is 1. The fourth-order valence-electron chi connectivity index (χ4n) is 3.31. The molecule has 0 N–H and O–H groups in total. The van der Waals surface area contributed by atoms with Gasteiger partial charge in [0.05, 0.1) is 10.5 Å². The van der Waals surface area contributed by atoms with Gasteiger partial charge in [-0.1, -0.05) is 30.3 Å². The molecule has 3 rings (SSSR count). The third kappa shape index (κ3) is 3.93. The number of carbonyl (C=O) groups excluding carboxylic acids is 2. The Morgan fingerprint density at radius 1 is 1.21 bits per heavy atom. The van der Waals surface area contributed by atoms with Gasteiger partial charge >= 0.3 is 5.97 Å². The van der Waals surface area contributed by atoms with Crippen molar-refractivity contribution in [2.75, 3.05) is 4.90 Å². The molecule has 7 heteroatoms. The molecular weight excluding hydrogens is 360 g/mol. The Bertz CT molecular complexity index is 953. The highest BCUT2D eigenvalue weighted by Gasteiger charge is 2.34. The largest absolute Gasteiger partial charge is 0.449 e. The number of fused-ring (bicyclic) bond motifs is 1. The van der Waals surface area contributed by atoms with E-state index in [4.69, 9.17) is 4.74 Å². The minimum Gasteiger partial charge on any atom is -0.449 e. The zero-order chi connectivity index (χ0) is 20.3. The summed E-state index contributed by atoms with van der Waals surface area (Å²) in [6.45, 7) is 3.47. The third-order valence-electron chi connectivity index (χ3n) is 4.62. The quantitative estimate of drug-likeness (QED) is 0.343. The lowest BCUT2D eigenvalue weighted by molar-refractivity contribution is -0.385. The SMILES string of the molecule is C[C@@H]1Cc2ccccc2N1C(=O)[C@@H](C)OC(=O)/C=C/c1ccccc1[N+](=O)[O-]. The van der Waals surface area contributed by atoms with Gasteiger partial charge in [0.1, 0.15) is 0 Å². The molecule has 0 radical (unpaired) electrons. The van der Waals surface area contributed by atoms with E-state index in [2.05, 4.69) is 0 Å². The zero-order valence-corrected chi connectivity index (χ0v) is 15.6. The lowest BCUT2D eigenvalue weighted by Crippen LogP contribution is -2.43. The van der Waals surface area contributed by atoms with Crippen molar-refractivity contribution in [1.29, 1.82) is 0 Å². The third-order valence-corrected chi connectivity index (χ3v) is 4.62. The number of para-hydroxylation sites is 2. The summed E-state index contributed by atoms with van der Waals surface area (Å²) in [4.78, 5) is 37.1. The van der Waals surface area contributed by atoms with Crippen LogP contribution in [0.15, 0.2) is 54.6 Å². The lowest BCUT2D eigenvalue weighted by Gasteiger charge is -2.25. The first kappa shape index (κ1) is 19.3. The van der Waals surface area contributed by atoms with E-state index in [-0.39, 0.29) is 23.2 Å². The second-order valence-corrected chi connectivity index (χ2v) is 6.62. The van der Waals surface area contributed by atoms with Gasteiger partial charge in [0.15, 0.2) is 6.10 Å². The number of hydrogen-bond acceptors (Lipinski definition) is 5. The van der Waals surface area contributed by atoms with Gasteiger partial charge in [0.2, 0.25) is 0 Å². The Hall–Kier alpha value is -3.48. The second kappa shape index (κ2) is 8.04. The first-order valence-electron chi connectivity index (χ1n) is 8.91. The van der Waals surface area contributed by atoms with E-state index >= 15 is 0 Å². The molecule has 0 saturated heterocycles. The predicted octanol–water partition coefficient (Wildman–Crippen LogP) is 3.52. The normalized spacial score (nSPS) is 16.6. The first-order valence-corrected chi connectivity index (χ1v) is 8.91. The zero-order valence-electron chi connectivity index (χ0n) is 15.6. The van der Waals surface area contributed by atoms with Crippen LogP contribution in [-0.2, 0) is 20.7 Å². The number of benzene rings is 2. The smallest absolute Gasteiger partial charge is 0.331 e. The minimum absolute atomic E-state index is 0.0198. The van der Waals surface area contributed by atoms with E-state index in [0.717, 1.165) is 23.7 Å². The Morgan fingerprint density at radius 2 is 1.89 bits per heavy atom. The topological polar surface area (TPSA) is 89.8 Å². The van der Waals surface area contributed by atoms with Crippen molar-refractivity contribution in [2.45, 2.75) is 32.4 Å². The van der Waals surface area contributed by atoms with Gasteiger partial charge in [-0.3, -0.25) is 14.9 Å². The maximum atomic E-state index is 12.8. The van der Waals surface area contributed by atoms with Crippen LogP contribution in [0.4, 0.5) is 11.4 Å². The van der Waals surface area contributed by atoms with Crippen molar-refractivity contribution in [3.63, 3.8) is 0 Å². The Balaban J connectivity index is 1.68. The van der Waals surface area contributed by atoms with Gasteiger partial charge in [-0.2, -0.15) is 0 Å². The van der Waals surface area contributed by atoms with Gasteiger partial charge in [-0.05, 0) is 44.0 Å². The second-order valence-electron chi connectivity index (χ2n) is 6.62. The number of hydrogen-bond donors (Lipinski definition) is 0. The summed E-state index contributed by atoms with van der Waals surface area (Å²) in [7, 11) is 0. The number of ether oxygens (including phenoxy) is 1. The molecule has 2 atom stereocenters. The fourth-order valence-corrected chi connectivity index (χ4v) is 3.31. The summed E-state index contributed by atoms with van der Waals surface area (Å²) in [6.07, 6.45) is 2.18. The van der Waals surface area contributed by atoms with E-state index in [1.54, 1.807) is 17.0 Å². The molecule has 0 aliphatic carbocycles. The Kier molecular flexibility index (Phi) is 5.54. The summed E-state index contributed by atoms with van der Waals surface area (Å²) < 4.78 is 5.22. The van der Waals surface area contributed by atoms with Crippen LogP contribution in [-0.4, -0.2) is 28.9 Å². The Labute approximate surface area is 162 Å². The van der Waals surface area contributed by atoms with Gasteiger partial charge in [0.25, 0.3) is 11.6 Å². The number of amides is 1. The Morgan fingerprint density at radius 3 is 2.64 bits per heavy atom. The molecule has 0 spiro atoms. The molecule has 0 bridgehead atoms. The van der Waals surface area contributed by atoms with Gasteiger partial charge in [-0.15, -0.1) is 0 Å². The van der Waals surface area contributed by atoms with Crippen molar-refractivity contribution >= 4 is 29.3 Å². The highest BCUT2D eigenvalue weighted by atomic mass is 16.6. The molecule has 2 aromatic carbocycles. The molecule has 1 amide bonds. The molecule has 0 fully saturated rings. The summed E-state index contributed by atoms with van der Waals surface area (Å²) >= 11 is 0. The monoisotopic (exact) mass is 380 g/mol. The van der Waals surface area contributed by atoms with Crippen LogP contribution < -0.4 is 4.90 Å². The van der Waals surface area contributed by atoms with Crippen molar-refractivity contribution < 1.29 is 19.2 Å². The van der Waals surface area contributed by atoms with E-state index in [1.807, 2.05) is 31.2 Å². The van der Waals surface area contributed by atoms with Crippen LogP contribution in [0.5, 0.6) is 0 Å². The number of carbonyl (C=O) groups is 2. The van der Waals surface area contributed by atoms with Gasteiger partial charge in [0, 0.05) is 23.9 Å². The van der Waals surface area contributed by atoms with E-state index in [0.29, 0.717) is 0 Å². The molecule has 1 heterocycles. The van der Waals surface area contributed by atoms with Crippen LogP contribution in [0.1, 0.15) is 25.0 Å². The average Bonchev–Trinajstić information content (AvgIpc) is 3.01. The highest BCUT2D eigenvalue weighted by molar-refractivity contribution is 6.00. The summed E-state index contributed by atoms with van der Waals surface area (Å²) in [5.74, 6) is -1.04.